The van der Waals surface area contributed by atoms with Crippen LogP contribution in [0.4, 0.5) is 5.69 Å². The second-order valence-corrected chi connectivity index (χ2v) is 9.68. The minimum Gasteiger partial charge on any atom is -0.480 e. The van der Waals surface area contributed by atoms with Gasteiger partial charge in [-0.3, -0.25) is 43.8 Å². The molecule has 2 aromatic rings. The van der Waals surface area contributed by atoms with E-state index in [1.807, 2.05) is 24.3 Å². The lowest BCUT2D eigenvalue weighted by molar-refractivity contribution is -0.140. The molecule has 212 valence electrons. The van der Waals surface area contributed by atoms with Gasteiger partial charge in [0.1, 0.15) is 0 Å². The van der Waals surface area contributed by atoms with Crippen molar-refractivity contribution in [2.45, 2.75) is 13.5 Å². The normalized spacial score (nSPS) is 17.3. The third-order valence-electron chi connectivity index (χ3n) is 6.46. The number of hydrogen-bond donors (Lipinski definition) is 4. The standard InChI is InChI=1S/C26H36N6O7/c1-19(33)27-21-4-5-23-20(14-21)2-3-22(28-23)15-29-6-8-30(16-24(34)35)10-12-32(18-26(38)39)13-11-31(9-7-29)17-25(36)37/h2-5,14H,6-13,15-18H2,1H3,(H,27,33)(H,34,35)(H,36,37)(H,38,39). The van der Waals surface area contributed by atoms with Crippen molar-refractivity contribution in [1.29, 1.82) is 0 Å². The maximum atomic E-state index is 11.5. The third-order valence-corrected chi connectivity index (χ3v) is 6.46. The minimum atomic E-state index is -0.989. The number of benzene rings is 1. The first kappa shape index (κ1) is 29.9. The van der Waals surface area contributed by atoms with E-state index in [1.54, 1.807) is 20.8 Å². The number of pyridine rings is 1. The van der Waals surface area contributed by atoms with Gasteiger partial charge in [-0.15, -0.1) is 0 Å². The fourth-order valence-electron chi connectivity index (χ4n) is 4.55. The minimum absolute atomic E-state index is 0.155. The molecule has 1 amide bonds. The molecule has 4 N–H and O–H groups in total. The van der Waals surface area contributed by atoms with Crippen LogP contribution < -0.4 is 5.32 Å². The van der Waals surface area contributed by atoms with Crippen molar-refractivity contribution in [2.75, 3.05) is 77.3 Å². The second-order valence-electron chi connectivity index (χ2n) is 9.68. The molecule has 0 bridgehead atoms. The summed E-state index contributed by atoms with van der Waals surface area (Å²) in [6.07, 6.45) is 0. The summed E-state index contributed by atoms with van der Waals surface area (Å²) < 4.78 is 0. The van der Waals surface area contributed by atoms with Crippen molar-refractivity contribution in [1.82, 2.24) is 24.6 Å². The average Bonchev–Trinajstić information content (AvgIpc) is 2.84. The van der Waals surface area contributed by atoms with Crippen LogP contribution in [0.2, 0.25) is 0 Å². The maximum Gasteiger partial charge on any atom is 0.317 e. The summed E-state index contributed by atoms with van der Waals surface area (Å²) in [5.41, 5.74) is 2.27. The number of amides is 1. The molecule has 1 aromatic carbocycles. The van der Waals surface area contributed by atoms with Gasteiger partial charge in [0.05, 0.1) is 30.8 Å². The van der Waals surface area contributed by atoms with Gasteiger partial charge < -0.3 is 20.6 Å². The lowest BCUT2D eigenvalue weighted by atomic mass is 10.1. The molecular formula is C26H36N6O7. The Labute approximate surface area is 226 Å². The molecule has 1 aromatic heterocycles. The molecular weight excluding hydrogens is 508 g/mol. The first-order chi connectivity index (χ1) is 18.6. The molecule has 0 radical (unpaired) electrons. The third kappa shape index (κ3) is 10.6. The van der Waals surface area contributed by atoms with Crippen LogP contribution in [0.1, 0.15) is 12.6 Å². The van der Waals surface area contributed by atoms with E-state index in [1.165, 1.54) is 6.92 Å². The molecule has 1 aliphatic rings. The predicted octanol–water partition coefficient (Wildman–Crippen LogP) is 0.169. The van der Waals surface area contributed by atoms with Crippen molar-refractivity contribution in [3.05, 3.63) is 36.0 Å². The van der Waals surface area contributed by atoms with Crippen molar-refractivity contribution in [3.63, 3.8) is 0 Å². The fourth-order valence-corrected chi connectivity index (χ4v) is 4.55. The predicted molar refractivity (Wildman–Crippen MR) is 144 cm³/mol. The summed E-state index contributed by atoms with van der Waals surface area (Å²) >= 11 is 0. The largest absolute Gasteiger partial charge is 0.480 e. The number of nitrogens with zero attached hydrogens (tertiary/aromatic N) is 5. The van der Waals surface area contributed by atoms with E-state index in [2.05, 4.69) is 10.2 Å². The highest BCUT2D eigenvalue weighted by Gasteiger charge is 2.20. The van der Waals surface area contributed by atoms with Crippen LogP contribution >= 0.6 is 0 Å². The molecule has 0 spiro atoms. The molecule has 0 aliphatic carbocycles. The van der Waals surface area contributed by atoms with E-state index in [0.717, 1.165) is 16.6 Å². The van der Waals surface area contributed by atoms with Crippen LogP contribution in [0.25, 0.3) is 10.9 Å². The van der Waals surface area contributed by atoms with E-state index in [9.17, 15) is 34.5 Å². The van der Waals surface area contributed by atoms with E-state index in [-0.39, 0.29) is 25.5 Å². The summed E-state index contributed by atoms with van der Waals surface area (Å²) in [7, 11) is 0. The second kappa shape index (κ2) is 14.5. The topological polar surface area (TPSA) is 167 Å². The highest BCUT2D eigenvalue weighted by Crippen LogP contribution is 2.19. The van der Waals surface area contributed by atoms with Gasteiger partial charge >= 0.3 is 17.9 Å². The van der Waals surface area contributed by atoms with Crippen LogP contribution in [-0.4, -0.2) is 136 Å². The quantitative estimate of drug-likeness (QED) is 0.338. The molecule has 39 heavy (non-hydrogen) atoms. The number of rotatable bonds is 9. The Balaban J connectivity index is 1.78. The Hall–Kier alpha value is -3.65. The molecule has 13 heteroatoms. The Kier molecular flexibility index (Phi) is 11.1. The molecule has 0 atom stereocenters. The number of anilines is 1. The summed E-state index contributed by atoms with van der Waals surface area (Å²) in [6, 6.07) is 9.32. The molecule has 0 unspecified atom stereocenters. The number of carbonyl (C=O) groups excluding carboxylic acids is 1. The summed E-state index contributed by atoms with van der Waals surface area (Å²) in [5.74, 6) is -3.06. The number of carboxylic acids is 3. The van der Waals surface area contributed by atoms with Gasteiger partial charge in [0.15, 0.2) is 0 Å². The number of carboxylic acid groups (broad SMARTS) is 3. The zero-order valence-electron chi connectivity index (χ0n) is 22.1. The average molecular weight is 545 g/mol. The van der Waals surface area contributed by atoms with Gasteiger partial charge in [-0.05, 0) is 24.3 Å². The number of aromatic nitrogens is 1. The van der Waals surface area contributed by atoms with Gasteiger partial charge in [-0.1, -0.05) is 6.07 Å². The molecule has 1 aliphatic heterocycles. The number of carbonyl (C=O) groups is 4. The van der Waals surface area contributed by atoms with Crippen LogP contribution in [-0.2, 0) is 25.7 Å². The molecule has 3 rings (SSSR count). The highest BCUT2D eigenvalue weighted by molar-refractivity contribution is 5.92. The first-order valence-corrected chi connectivity index (χ1v) is 12.8. The Morgan fingerprint density at radius 2 is 1.18 bits per heavy atom. The van der Waals surface area contributed by atoms with Crippen LogP contribution in [0.5, 0.6) is 0 Å². The molecule has 13 nitrogen and oxygen atoms in total. The SMILES string of the molecule is CC(=O)Nc1ccc2nc(CN3CCN(CC(=O)O)CCN(CC(=O)O)CCN(CC(=O)O)CC3)ccc2c1. The van der Waals surface area contributed by atoms with E-state index in [0.29, 0.717) is 64.6 Å². The van der Waals surface area contributed by atoms with Gasteiger partial charge in [0.25, 0.3) is 0 Å². The lowest BCUT2D eigenvalue weighted by Crippen LogP contribution is -2.48. The van der Waals surface area contributed by atoms with E-state index in [4.69, 9.17) is 4.98 Å². The molecule has 1 fully saturated rings. The number of hydrogen-bond acceptors (Lipinski definition) is 9. The summed E-state index contributed by atoms with van der Waals surface area (Å²) in [4.78, 5) is 57.8. The van der Waals surface area contributed by atoms with Gasteiger partial charge in [0, 0.05) is 76.9 Å². The summed E-state index contributed by atoms with van der Waals surface area (Å²) in [5, 5.41) is 31.7. The zero-order valence-corrected chi connectivity index (χ0v) is 22.1. The van der Waals surface area contributed by atoms with Crippen molar-refractivity contribution < 1.29 is 34.5 Å². The molecule has 2 heterocycles. The van der Waals surface area contributed by atoms with E-state index < -0.39 is 17.9 Å². The van der Waals surface area contributed by atoms with Crippen molar-refractivity contribution >= 4 is 40.4 Å². The van der Waals surface area contributed by atoms with Crippen molar-refractivity contribution in [2.24, 2.45) is 0 Å². The van der Waals surface area contributed by atoms with E-state index >= 15 is 0 Å². The Morgan fingerprint density at radius 1 is 0.718 bits per heavy atom. The lowest BCUT2D eigenvalue weighted by Gasteiger charge is -2.33. The molecule has 0 saturated carbocycles. The van der Waals surface area contributed by atoms with Crippen LogP contribution in [0.3, 0.4) is 0 Å². The monoisotopic (exact) mass is 544 g/mol. The first-order valence-electron chi connectivity index (χ1n) is 12.8. The smallest absolute Gasteiger partial charge is 0.317 e. The number of fused-ring (bicyclic) bond motifs is 1. The number of nitrogens with one attached hydrogen (secondary N) is 1. The molecule has 1 saturated heterocycles. The van der Waals surface area contributed by atoms with Gasteiger partial charge in [0.2, 0.25) is 5.91 Å². The Morgan fingerprint density at radius 3 is 1.62 bits per heavy atom. The zero-order chi connectivity index (χ0) is 28.4. The van der Waals surface area contributed by atoms with Gasteiger partial charge in [-0.2, -0.15) is 0 Å². The number of aliphatic carboxylic acids is 3. The van der Waals surface area contributed by atoms with Crippen LogP contribution in [0.15, 0.2) is 30.3 Å². The van der Waals surface area contributed by atoms with Gasteiger partial charge in [-0.25, -0.2) is 0 Å². The fraction of sp³-hybridized carbons (Fsp3) is 0.500. The summed E-state index contributed by atoms with van der Waals surface area (Å²) in [6.45, 7) is 4.79. The highest BCUT2D eigenvalue weighted by atomic mass is 16.4. The van der Waals surface area contributed by atoms with Crippen LogP contribution in [0, 0.1) is 0 Å². The maximum absolute atomic E-state index is 11.5. The Bertz CT molecular complexity index is 1140. The van der Waals surface area contributed by atoms with Crippen molar-refractivity contribution in [3.8, 4) is 0 Å².